The highest BCUT2D eigenvalue weighted by molar-refractivity contribution is 4.93. The zero-order valence-electron chi connectivity index (χ0n) is 9.63. The molecule has 1 rings (SSSR count). The molecule has 0 aromatic rings. The third-order valence-electron chi connectivity index (χ3n) is 3.63. The van der Waals surface area contributed by atoms with Crippen molar-refractivity contribution in [3.05, 3.63) is 12.2 Å². The van der Waals surface area contributed by atoms with Gasteiger partial charge in [-0.15, -0.1) is 0 Å². The first-order chi connectivity index (χ1) is 6.76. The van der Waals surface area contributed by atoms with Crippen molar-refractivity contribution in [2.24, 2.45) is 11.1 Å². The summed E-state index contributed by atoms with van der Waals surface area (Å²) < 4.78 is 0. The molecule has 0 radical (unpaired) electrons. The molecule has 1 heterocycles. The van der Waals surface area contributed by atoms with Gasteiger partial charge in [0, 0.05) is 19.6 Å². The van der Waals surface area contributed by atoms with E-state index in [0.29, 0.717) is 5.41 Å². The van der Waals surface area contributed by atoms with Crippen molar-refractivity contribution in [1.29, 1.82) is 0 Å². The number of nitrogens with zero attached hydrogens (tertiary/aromatic N) is 1. The van der Waals surface area contributed by atoms with E-state index in [9.17, 15) is 0 Å². The van der Waals surface area contributed by atoms with Crippen molar-refractivity contribution in [3.63, 3.8) is 0 Å². The molecule has 2 heteroatoms. The van der Waals surface area contributed by atoms with Crippen LogP contribution >= 0.6 is 0 Å². The third-order valence-corrected chi connectivity index (χ3v) is 3.63. The molecule has 0 atom stereocenters. The highest BCUT2D eigenvalue weighted by atomic mass is 15.1. The molecule has 0 unspecified atom stereocenters. The third kappa shape index (κ3) is 2.82. The lowest BCUT2D eigenvalue weighted by Gasteiger charge is -2.36. The summed E-state index contributed by atoms with van der Waals surface area (Å²) in [6, 6.07) is 0. The first-order valence-corrected chi connectivity index (χ1v) is 5.84. The second-order valence-corrected chi connectivity index (χ2v) is 4.41. The molecule has 14 heavy (non-hydrogen) atoms. The Morgan fingerprint density at radius 2 is 2.00 bits per heavy atom. The Hall–Kier alpha value is -0.340. The first kappa shape index (κ1) is 11.7. The fraction of sp³-hybridized carbons (Fsp3) is 0.833. The van der Waals surface area contributed by atoms with Gasteiger partial charge in [0.1, 0.15) is 0 Å². The van der Waals surface area contributed by atoms with E-state index in [4.69, 9.17) is 5.73 Å². The molecule has 0 aromatic heterocycles. The van der Waals surface area contributed by atoms with E-state index in [2.05, 4.69) is 30.9 Å². The minimum atomic E-state index is 0.352. The average molecular weight is 196 g/mol. The molecule has 0 saturated carbocycles. The van der Waals surface area contributed by atoms with Gasteiger partial charge in [0.25, 0.3) is 0 Å². The molecular formula is C12H24N2. The SMILES string of the molecule is CCC(CC)(CN)CN1CC=CCC1. The number of rotatable bonds is 5. The number of nitrogens with two attached hydrogens (primary N) is 1. The summed E-state index contributed by atoms with van der Waals surface area (Å²) in [6.45, 7) is 8.83. The van der Waals surface area contributed by atoms with Crippen molar-refractivity contribution < 1.29 is 0 Å². The van der Waals surface area contributed by atoms with Crippen LogP contribution in [0.5, 0.6) is 0 Å². The normalized spacial score (nSPS) is 18.8. The largest absolute Gasteiger partial charge is 0.330 e. The predicted molar refractivity (Wildman–Crippen MR) is 62.3 cm³/mol. The quantitative estimate of drug-likeness (QED) is 0.682. The van der Waals surface area contributed by atoms with Gasteiger partial charge in [0.2, 0.25) is 0 Å². The topological polar surface area (TPSA) is 29.3 Å². The highest BCUT2D eigenvalue weighted by Crippen LogP contribution is 2.26. The maximum Gasteiger partial charge on any atom is 0.0163 e. The van der Waals surface area contributed by atoms with Crippen LogP contribution in [0.4, 0.5) is 0 Å². The molecule has 2 nitrogen and oxygen atoms in total. The van der Waals surface area contributed by atoms with Gasteiger partial charge in [0.05, 0.1) is 0 Å². The minimum Gasteiger partial charge on any atom is -0.330 e. The van der Waals surface area contributed by atoms with Crippen LogP contribution < -0.4 is 5.73 Å². The van der Waals surface area contributed by atoms with E-state index < -0.39 is 0 Å². The smallest absolute Gasteiger partial charge is 0.0163 e. The van der Waals surface area contributed by atoms with Crippen molar-refractivity contribution >= 4 is 0 Å². The summed E-state index contributed by atoms with van der Waals surface area (Å²) in [6.07, 6.45) is 8.14. The molecular weight excluding hydrogens is 172 g/mol. The van der Waals surface area contributed by atoms with Gasteiger partial charge in [-0.05, 0) is 31.2 Å². The minimum absolute atomic E-state index is 0.352. The number of hydrogen-bond acceptors (Lipinski definition) is 2. The van der Waals surface area contributed by atoms with Gasteiger partial charge in [0.15, 0.2) is 0 Å². The number of hydrogen-bond donors (Lipinski definition) is 1. The average Bonchev–Trinajstić information content (AvgIpc) is 2.28. The lowest BCUT2D eigenvalue weighted by molar-refractivity contribution is 0.152. The van der Waals surface area contributed by atoms with Gasteiger partial charge >= 0.3 is 0 Å². The van der Waals surface area contributed by atoms with Crippen LogP contribution in [0.3, 0.4) is 0 Å². The Balaban J connectivity index is 2.49. The van der Waals surface area contributed by atoms with E-state index >= 15 is 0 Å². The Kier molecular flexibility index (Phi) is 4.63. The predicted octanol–water partition coefficient (Wildman–Crippen LogP) is 2.01. The Bertz CT molecular complexity index is 174. The molecule has 0 aromatic carbocycles. The first-order valence-electron chi connectivity index (χ1n) is 5.84. The molecule has 0 aliphatic carbocycles. The zero-order valence-corrected chi connectivity index (χ0v) is 9.63. The lowest BCUT2D eigenvalue weighted by Crippen LogP contribution is -2.43. The fourth-order valence-electron chi connectivity index (χ4n) is 2.13. The molecule has 0 spiro atoms. The van der Waals surface area contributed by atoms with Crippen molar-refractivity contribution in [2.45, 2.75) is 33.1 Å². The molecule has 0 amide bonds. The van der Waals surface area contributed by atoms with E-state index in [1.54, 1.807) is 0 Å². The summed E-state index contributed by atoms with van der Waals surface area (Å²) in [5, 5.41) is 0. The lowest BCUT2D eigenvalue weighted by atomic mass is 9.81. The molecule has 1 aliphatic heterocycles. The second kappa shape index (κ2) is 5.52. The van der Waals surface area contributed by atoms with Gasteiger partial charge in [-0.25, -0.2) is 0 Å². The molecule has 0 bridgehead atoms. The van der Waals surface area contributed by atoms with Crippen LogP contribution in [0.1, 0.15) is 33.1 Å². The molecule has 0 saturated heterocycles. The van der Waals surface area contributed by atoms with Gasteiger partial charge in [-0.2, -0.15) is 0 Å². The molecule has 82 valence electrons. The summed E-state index contributed by atoms with van der Waals surface area (Å²) in [5.41, 5.74) is 6.25. The van der Waals surface area contributed by atoms with E-state index in [1.165, 1.54) is 32.4 Å². The maximum atomic E-state index is 5.90. The van der Waals surface area contributed by atoms with Crippen LogP contribution in [0, 0.1) is 5.41 Å². The van der Waals surface area contributed by atoms with E-state index in [-0.39, 0.29) is 0 Å². The van der Waals surface area contributed by atoms with Crippen LogP contribution in [0.15, 0.2) is 12.2 Å². The standard InChI is InChI=1S/C12H24N2/c1-3-12(4-2,10-13)11-14-8-6-5-7-9-14/h5-6H,3-4,7-11,13H2,1-2H3. The van der Waals surface area contributed by atoms with E-state index in [1.807, 2.05) is 0 Å². The monoisotopic (exact) mass is 196 g/mol. The van der Waals surface area contributed by atoms with Crippen LogP contribution in [0.25, 0.3) is 0 Å². The van der Waals surface area contributed by atoms with E-state index in [0.717, 1.165) is 13.1 Å². The Morgan fingerprint density at radius 3 is 2.43 bits per heavy atom. The molecule has 2 N–H and O–H groups in total. The van der Waals surface area contributed by atoms with Gasteiger partial charge in [-0.3, -0.25) is 4.90 Å². The maximum absolute atomic E-state index is 5.90. The van der Waals surface area contributed by atoms with Crippen LogP contribution in [-0.2, 0) is 0 Å². The fourth-order valence-corrected chi connectivity index (χ4v) is 2.13. The summed E-state index contributed by atoms with van der Waals surface area (Å²) in [5.74, 6) is 0. The van der Waals surface area contributed by atoms with Crippen molar-refractivity contribution in [2.75, 3.05) is 26.2 Å². The van der Waals surface area contributed by atoms with Crippen LogP contribution in [-0.4, -0.2) is 31.1 Å². The van der Waals surface area contributed by atoms with Gasteiger partial charge in [-0.1, -0.05) is 26.0 Å². The summed E-state index contributed by atoms with van der Waals surface area (Å²) in [7, 11) is 0. The van der Waals surface area contributed by atoms with Crippen molar-refractivity contribution in [1.82, 2.24) is 4.90 Å². The zero-order chi connectivity index (χ0) is 10.4. The second-order valence-electron chi connectivity index (χ2n) is 4.41. The summed E-state index contributed by atoms with van der Waals surface area (Å²) in [4.78, 5) is 2.53. The highest BCUT2D eigenvalue weighted by Gasteiger charge is 2.26. The molecule has 1 aliphatic rings. The molecule has 0 fully saturated rings. The van der Waals surface area contributed by atoms with Crippen molar-refractivity contribution in [3.8, 4) is 0 Å². The van der Waals surface area contributed by atoms with Gasteiger partial charge < -0.3 is 5.73 Å². The Morgan fingerprint density at radius 1 is 1.29 bits per heavy atom. The Labute approximate surface area is 88.2 Å². The summed E-state index contributed by atoms with van der Waals surface area (Å²) >= 11 is 0. The van der Waals surface area contributed by atoms with Crippen LogP contribution in [0.2, 0.25) is 0 Å².